The Labute approximate surface area is 139 Å². The van der Waals surface area contributed by atoms with Gasteiger partial charge in [0.1, 0.15) is 11.6 Å². The number of aromatic nitrogens is 2. The van der Waals surface area contributed by atoms with Gasteiger partial charge < -0.3 is 20.4 Å². The summed E-state index contributed by atoms with van der Waals surface area (Å²) < 4.78 is 0. The van der Waals surface area contributed by atoms with Crippen molar-refractivity contribution in [1.29, 1.82) is 0 Å². The van der Waals surface area contributed by atoms with Gasteiger partial charge in [0, 0.05) is 38.2 Å². The highest BCUT2D eigenvalue weighted by Crippen LogP contribution is 2.23. The third-order valence-electron chi connectivity index (χ3n) is 4.72. The largest absolute Gasteiger partial charge is 0.396 e. The van der Waals surface area contributed by atoms with E-state index in [0.717, 1.165) is 43.3 Å². The summed E-state index contributed by atoms with van der Waals surface area (Å²) in [7, 11) is 2.13. The monoisotopic (exact) mass is 322 g/mol. The molecule has 0 aromatic carbocycles. The molecule has 130 valence electrons. The van der Waals surface area contributed by atoms with Crippen LogP contribution in [0.25, 0.3) is 0 Å². The van der Waals surface area contributed by atoms with Crippen molar-refractivity contribution < 1.29 is 10.2 Å². The van der Waals surface area contributed by atoms with Crippen LogP contribution in [0.2, 0.25) is 0 Å². The third kappa shape index (κ3) is 4.86. The van der Waals surface area contributed by atoms with Gasteiger partial charge in [0.15, 0.2) is 0 Å². The molecule has 1 atom stereocenters. The van der Waals surface area contributed by atoms with E-state index in [9.17, 15) is 5.11 Å². The number of rotatable bonds is 7. The maximum absolute atomic E-state index is 10.7. The van der Waals surface area contributed by atoms with Crippen LogP contribution in [-0.4, -0.2) is 64.0 Å². The minimum atomic E-state index is -0.810. The standard InChI is InChI=1S/C17H30N4O2/c1-4-17(23,8-5-11-22)12-18-16-14-6-9-21(3)10-7-15(14)19-13(2)20-16/h22-23H,4-12H2,1-3H3,(H,18,19,20). The fourth-order valence-electron chi connectivity index (χ4n) is 3.03. The summed E-state index contributed by atoms with van der Waals surface area (Å²) in [6, 6.07) is 0. The molecule has 0 spiro atoms. The van der Waals surface area contributed by atoms with E-state index in [2.05, 4.69) is 27.2 Å². The molecule has 1 aliphatic heterocycles. The molecular formula is C17H30N4O2. The van der Waals surface area contributed by atoms with Gasteiger partial charge in [-0.15, -0.1) is 0 Å². The molecule has 0 aliphatic carbocycles. The molecule has 0 saturated carbocycles. The van der Waals surface area contributed by atoms with Crippen LogP contribution in [0.5, 0.6) is 0 Å². The minimum Gasteiger partial charge on any atom is -0.396 e. The number of aryl methyl sites for hydroxylation is 1. The number of hydrogen-bond acceptors (Lipinski definition) is 6. The lowest BCUT2D eigenvalue weighted by atomic mass is 9.94. The van der Waals surface area contributed by atoms with Gasteiger partial charge in [-0.05, 0) is 39.7 Å². The van der Waals surface area contributed by atoms with Crippen molar-refractivity contribution in [1.82, 2.24) is 14.9 Å². The highest BCUT2D eigenvalue weighted by Gasteiger charge is 2.25. The second-order valence-electron chi connectivity index (χ2n) is 6.61. The van der Waals surface area contributed by atoms with Gasteiger partial charge >= 0.3 is 0 Å². The quantitative estimate of drug-likeness (QED) is 0.698. The van der Waals surface area contributed by atoms with Gasteiger partial charge in [-0.25, -0.2) is 9.97 Å². The average molecular weight is 322 g/mol. The molecule has 2 heterocycles. The van der Waals surface area contributed by atoms with E-state index in [0.29, 0.717) is 25.8 Å². The van der Waals surface area contributed by atoms with Crippen LogP contribution >= 0.6 is 0 Å². The number of aliphatic hydroxyl groups excluding tert-OH is 1. The molecule has 1 unspecified atom stereocenters. The summed E-state index contributed by atoms with van der Waals surface area (Å²) in [5, 5.41) is 23.0. The fourth-order valence-corrected chi connectivity index (χ4v) is 3.03. The maximum Gasteiger partial charge on any atom is 0.133 e. The SMILES string of the molecule is CCC(O)(CCCO)CNc1nc(C)nc2c1CCN(C)CC2. The zero-order chi connectivity index (χ0) is 16.9. The molecule has 3 N–H and O–H groups in total. The van der Waals surface area contributed by atoms with Gasteiger partial charge in [0.05, 0.1) is 11.3 Å². The number of likely N-dealkylation sites (N-methyl/N-ethyl adjacent to an activating group) is 1. The smallest absolute Gasteiger partial charge is 0.133 e. The molecule has 2 rings (SSSR count). The Kier molecular flexibility index (Phi) is 6.33. The molecule has 23 heavy (non-hydrogen) atoms. The van der Waals surface area contributed by atoms with E-state index in [1.54, 1.807) is 0 Å². The van der Waals surface area contributed by atoms with Crippen molar-refractivity contribution in [2.45, 2.75) is 51.6 Å². The van der Waals surface area contributed by atoms with E-state index in [-0.39, 0.29) is 6.61 Å². The lowest BCUT2D eigenvalue weighted by Gasteiger charge is -2.28. The lowest BCUT2D eigenvalue weighted by Crippen LogP contribution is -2.37. The van der Waals surface area contributed by atoms with E-state index in [4.69, 9.17) is 5.11 Å². The van der Waals surface area contributed by atoms with E-state index >= 15 is 0 Å². The van der Waals surface area contributed by atoms with Crippen molar-refractivity contribution in [3.63, 3.8) is 0 Å². The summed E-state index contributed by atoms with van der Waals surface area (Å²) in [6.45, 7) is 6.45. The molecule has 1 aromatic heterocycles. The Morgan fingerprint density at radius 1 is 1.26 bits per heavy atom. The molecule has 0 fully saturated rings. The number of nitrogens with zero attached hydrogens (tertiary/aromatic N) is 3. The Bertz CT molecular complexity index is 524. The first-order valence-corrected chi connectivity index (χ1v) is 8.59. The van der Waals surface area contributed by atoms with E-state index < -0.39 is 5.60 Å². The van der Waals surface area contributed by atoms with Crippen LogP contribution < -0.4 is 5.32 Å². The first-order chi connectivity index (χ1) is 11.0. The van der Waals surface area contributed by atoms with Crippen LogP contribution in [-0.2, 0) is 12.8 Å². The fraction of sp³-hybridized carbons (Fsp3) is 0.765. The first kappa shape index (κ1) is 18.1. The number of anilines is 1. The number of fused-ring (bicyclic) bond motifs is 1. The topological polar surface area (TPSA) is 81.5 Å². The van der Waals surface area contributed by atoms with E-state index in [1.165, 1.54) is 5.56 Å². The van der Waals surface area contributed by atoms with Crippen molar-refractivity contribution >= 4 is 5.82 Å². The van der Waals surface area contributed by atoms with Crippen molar-refractivity contribution in [2.24, 2.45) is 0 Å². The van der Waals surface area contributed by atoms with Crippen LogP contribution in [0.1, 0.15) is 43.3 Å². The Morgan fingerprint density at radius 2 is 2.00 bits per heavy atom. The van der Waals surface area contributed by atoms with Gasteiger partial charge in [-0.3, -0.25) is 0 Å². The normalized spacial score (nSPS) is 18.1. The number of aliphatic hydroxyl groups is 2. The minimum absolute atomic E-state index is 0.108. The van der Waals surface area contributed by atoms with Crippen LogP contribution in [0.15, 0.2) is 0 Å². The van der Waals surface area contributed by atoms with Gasteiger partial charge in [0.25, 0.3) is 0 Å². The Morgan fingerprint density at radius 3 is 2.70 bits per heavy atom. The molecule has 6 heteroatoms. The predicted molar refractivity (Wildman–Crippen MR) is 91.7 cm³/mol. The average Bonchev–Trinajstić information content (AvgIpc) is 2.73. The van der Waals surface area contributed by atoms with Crippen LogP contribution in [0.3, 0.4) is 0 Å². The molecule has 0 bridgehead atoms. The third-order valence-corrected chi connectivity index (χ3v) is 4.72. The lowest BCUT2D eigenvalue weighted by molar-refractivity contribution is 0.0338. The summed E-state index contributed by atoms with van der Waals surface area (Å²) >= 11 is 0. The molecule has 0 radical (unpaired) electrons. The van der Waals surface area contributed by atoms with Crippen LogP contribution in [0.4, 0.5) is 5.82 Å². The molecule has 1 aliphatic rings. The highest BCUT2D eigenvalue weighted by atomic mass is 16.3. The Balaban J connectivity index is 2.15. The van der Waals surface area contributed by atoms with Crippen LogP contribution in [0, 0.1) is 6.92 Å². The summed E-state index contributed by atoms with van der Waals surface area (Å²) in [5.74, 6) is 1.63. The molecule has 0 amide bonds. The van der Waals surface area contributed by atoms with Gasteiger partial charge in [-0.2, -0.15) is 0 Å². The molecule has 1 aromatic rings. The maximum atomic E-state index is 10.7. The summed E-state index contributed by atoms with van der Waals surface area (Å²) in [5.41, 5.74) is 1.50. The number of nitrogens with one attached hydrogen (secondary N) is 1. The zero-order valence-corrected chi connectivity index (χ0v) is 14.6. The Hall–Kier alpha value is -1.24. The summed E-state index contributed by atoms with van der Waals surface area (Å²) in [4.78, 5) is 11.5. The highest BCUT2D eigenvalue weighted by molar-refractivity contribution is 5.48. The number of hydrogen-bond donors (Lipinski definition) is 3. The van der Waals surface area contributed by atoms with Gasteiger partial charge in [0.2, 0.25) is 0 Å². The summed E-state index contributed by atoms with van der Waals surface area (Å²) in [6.07, 6.45) is 3.71. The van der Waals surface area contributed by atoms with E-state index in [1.807, 2.05) is 13.8 Å². The van der Waals surface area contributed by atoms with Crippen molar-refractivity contribution in [3.8, 4) is 0 Å². The molecular weight excluding hydrogens is 292 g/mol. The zero-order valence-electron chi connectivity index (χ0n) is 14.6. The van der Waals surface area contributed by atoms with Gasteiger partial charge in [-0.1, -0.05) is 6.92 Å². The second-order valence-corrected chi connectivity index (χ2v) is 6.61. The first-order valence-electron chi connectivity index (χ1n) is 8.59. The van der Waals surface area contributed by atoms with Crippen molar-refractivity contribution in [2.75, 3.05) is 38.6 Å². The predicted octanol–water partition coefficient (Wildman–Crippen LogP) is 1.14. The van der Waals surface area contributed by atoms with Crippen molar-refractivity contribution in [3.05, 3.63) is 17.1 Å². The molecule has 6 nitrogen and oxygen atoms in total. The second kappa shape index (κ2) is 8.04. The molecule has 0 saturated heterocycles.